The van der Waals surface area contributed by atoms with Gasteiger partial charge in [0, 0.05) is 6.04 Å². The quantitative estimate of drug-likeness (QED) is 0.538. The normalized spacial score (nSPS) is 39.3. The van der Waals surface area contributed by atoms with Crippen molar-refractivity contribution >= 4 is 0 Å². The van der Waals surface area contributed by atoms with Crippen LogP contribution in [0, 0.1) is 5.92 Å². The van der Waals surface area contributed by atoms with Crippen LogP contribution in [0.4, 0.5) is 0 Å². The summed E-state index contributed by atoms with van der Waals surface area (Å²) < 4.78 is 0. The third-order valence-corrected chi connectivity index (χ3v) is 3.00. The van der Waals surface area contributed by atoms with Crippen molar-refractivity contribution in [3.05, 3.63) is 0 Å². The van der Waals surface area contributed by atoms with Crippen LogP contribution in [0.5, 0.6) is 0 Å². The monoisotopic (exact) mass is 154 g/mol. The first-order chi connectivity index (χ1) is 5.47. The van der Waals surface area contributed by atoms with Gasteiger partial charge in [-0.15, -0.1) is 0 Å². The van der Waals surface area contributed by atoms with Crippen molar-refractivity contribution in [2.24, 2.45) is 5.92 Å². The van der Waals surface area contributed by atoms with Gasteiger partial charge in [-0.1, -0.05) is 0 Å². The number of fused-ring (bicyclic) bond motifs is 1. The molecular formula is C9H18N2. The van der Waals surface area contributed by atoms with Crippen LogP contribution in [0.15, 0.2) is 0 Å². The van der Waals surface area contributed by atoms with E-state index < -0.39 is 0 Å². The summed E-state index contributed by atoms with van der Waals surface area (Å²) in [4.78, 5) is 0. The average molecular weight is 154 g/mol. The van der Waals surface area contributed by atoms with Gasteiger partial charge in [-0.2, -0.15) is 0 Å². The Morgan fingerprint density at radius 2 is 1.91 bits per heavy atom. The van der Waals surface area contributed by atoms with Gasteiger partial charge in [0.2, 0.25) is 0 Å². The summed E-state index contributed by atoms with van der Waals surface area (Å²) in [5.41, 5.74) is 0. The lowest BCUT2D eigenvalue weighted by atomic mass is 9.89. The Balaban J connectivity index is 1.93. The largest absolute Gasteiger partial charge is 0.316 e. The van der Waals surface area contributed by atoms with Crippen molar-refractivity contribution in [1.82, 2.24) is 10.6 Å². The summed E-state index contributed by atoms with van der Waals surface area (Å²) in [5, 5.41) is 7.13. The third kappa shape index (κ3) is 1.74. The number of hydrogen-bond acceptors (Lipinski definition) is 2. The maximum atomic E-state index is 3.62. The average Bonchev–Trinajstić information content (AvgIpc) is 2.28. The van der Waals surface area contributed by atoms with Crippen molar-refractivity contribution in [2.45, 2.75) is 31.7 Å². The van der Waals surface area contributed by atoms with Crippen LogP contribution >= 0.6 is 0 Å². The second kappa shape index (κ2) is 3.55. The van der Waals surface area contributed by atoms with E-state index in [4.69, 9.17) is 0 Å². The van der Waals surface area contributed by atoms with Gasteiger partial charge in [-0.3, -0.25) is 0 Å². The van der Waals surface area contributed by atoms with Crippen molar-refractivity contribution in [3.8, 4) is 0 Å². The predicted molar refractivity (Wildman–Crippen MR) is 46.6 cm³/mol. The lowest BCUT2D eigenvalue weighted by Crippen LogP contribution is -2.43. The molecule has 2 atom stereocenters. The van der Waals surface area contributed by atoms with Crippen LogP contribution in [0.1, 0.15) is 25.7 Å². The van der Waals surface area contributed by atoms with E-state index in [0.29, 0.717) is 0 Å². The number of hydrogen-bond donors (Lipinski definition) is 2. The SMILES string of the molecule is C1CN[C@@H]2CCCNC[C@H]2C1. The van der Waals surface area contributed by atoms with Gasteiger partial charge in [-0.25, -0.2) is 0 Å². The van der Waals surface area contributed by atoms with Gasteiger partial charge >= 0.3 is 0 Å². The van der Waals surface area contributed by atoms with E-state index in [1.807, 2.05) is 0 Å². The molecule has 0 aliphatic carbocycles. The predicted octanol–water partition coefficient (Wildman–Crippen LogP) is 0.738. The number of nitrogens with one attached hydrogen (secondary N) is 2. The highest BCUT2D eigenvalue weighted by molar-refractivity contribution is 4.84. The van der Waals surface area contributed by atoms with Crippen molar-refractivity contribution in [3.63, 3.8) is 0 Å². The summed E-state index contributed by atoms with van der Waals surface area (Å²) in [7, 11) is 0. The maximum Gasteiger partial charge on any atom is 0.0108 e. The molecule has 2 nitrogen and oxygen atoms in total. The molecule has 0 bridgehead atoms. The van der Waals surface area contributed by atoms with E-state index in [-0.39, 0.29) is 0 Å². The molecule has 2 fully saturated rings. The molecule has 2 heterocycles. The molecule has 2 aliphatic heterocycles. The molecule has 64 valence electrons. The highest BCUT2D eigenvalue weighted by atomic mass is 15.0. The highest BCUT2D eigenvalue weighted by Crippen LogP contribution is 2.20. The molecule has 0 aromatic carbocycles. The highest BCUT2D eigenvalue weighted by Gasteiger charge is 2.25. The Kier molecular flexibility index (Phi) is 2.44. The van der Waals surface area contributed by atoms with Gasteiger partial charge in [0.15, 0.2) is 0 Å². The molecule has 2 aliphatic rings. The first-order valence-electron chi connectivity index (χ1n) is 4.91. The van der Waals surface area contributed by atoms with E-state index in [9.17, 15) is 0 Å². The molecule has 11 heavy (non-hydrogen) atoms. The number of piperidine rings is 1. The molecule has 0 aromatic heterocycles. The second-order valence-electron chi connectivity index (χ2n) is 3.81. The molecule has 0 amide bonds. The molecule has 2 heteroatoms. The minimum absolute atomic E-state index is 0.832. The smallest absolute Gasteiger partial charge is 0.0108 e. The summed E-state index contributed by atoms with van der Waals surface area (Å²) >= 11 is 0. The first-order valence-corrected chi connectivity index (χ1v) is 4.91. The van der Waals surface area contributed by atoms with Crippen LogP contribution in [0.3, 0.4) is 0 Å². The van der Waals surface area contributed by atoms with Crippen molar-refractivity contribution in [2.75, 3.05) is 19.6 Å². The standard InChI is InChI=1S/C9H18N2/c1-3-8-7-10-5-2-4-9(8)11-6-1/h8-11H,1-7H2/t8-,9-/m1/s1. The topological polar surface area (TPSA) is 24.1 Å². The Morgan fingerprint density at radius 3 is 2.91 bits per heavy atom. The zero-order chi connectivity index (χ0) is 7.52. The summed E-state index contributed by atoms with van der Waals surface area (Å²) in [5.74, 6) is 0.922. The molecule has 0 saturated carbocycles. The van der Waals surface area contributed by atoms with Crippen LogP contribution in [-0.4, -0.2) is 25.7 Å². The second-order valence-corrected chi connectivity index (χ2v) is 3.81. The fourth-order valence-corrected chi connectivity index (χ4v) is 2.34. The fourth-order valence-electron chi connectivity index (χ4n) is 2.34. The maximum absolute atomic E-state index is 3.62. The fraction of sp³-hybridized carbons (Fsp3) is 1.00. The van der Waals surface area contributed by atoms with Gasteiger partial charge in [0.25, 0.3) is 0 Å². The van der Waals surface area contributed by atoms with Crippen LogP contribution in [-0.2, 0) is 0 Å². The molecule has 0 unspecified atom stereocenters. The zero-order valence-electron chi connectivity index (χ0n) is 7.10. The van der Waals surface area contributed by atoms with Crippen molar-refractivity contribution in [1.29, 1.82) is 0 Å². The zero-order valence-corrected chi connectivity index (χ0v) is 7.10. The minimum atomic E-state index is 0.832. The Bertz CT molecular complexity index is 111. The lowest BCUT2D eigenvalue weighted by Gasteiger charge is -2.30. The van der Waals surface area contributed by atoms with Crippen LogP contribution in [0.25, 0.3) is 0 Å². The Labute approximate surface area is 68.7 Å². The molecule has 2 N–H and O–H groups in total. The number of rotatable bonds is 0. The first kappa shape index (κ1) is 7.56. The summed E-state index contributed by atoms with van der Waals surface area (Å²) in [6.45, 7) is 3.73. The van der Waals surface area contributed by atoms with E-state index >= 15 is 0 Å². The molecule has 2 saturated heterocycles. The Hall–Kier alpha value is -0.0800. The molecule has 0 aromatic rings. The Morgan fingerprint density at radius 1 is 1.00 bits per heavy atom. The van der Waals surface area contributed by atoms with Crippen molar-refractivity contribution < 1.29 is 0 Å². The van der Waals surface area contributed by atoms with E-state index in [0.717, 1.165) is 12.0 Å². The summed E-state index contributed by atoms with van der Waals surface area (Å²) in [6, 6.07) is 0.832. The molecular weight excluding hydrogens is 136 g/mol. The molecule has 2 rings (SSSR count). The van der Waals surface area contributed by atoms with E-state index in [2.05, 4.69) is 10.6 Å². The van der Waals surface area contributed by atoms with Gasteiger partial charge in [0.1, 0.15) is 0 Å². The lowest BCUT2D eigenvalue weighted by molar-refractivity contribution is 0.278. The summed E-state index contributed by atoms with van der Waals surface area (Å²) in [6.07, 6.45) is 5.55. The van der Waals surface area contributed by atoms with E-state index in [1.54, 1.807) is 0 Å². The van der Waals surface area contributed by atoms with Gasteiger partial charge in [-0.05, 0) is 51.2 Å². The van der Waals surface area contributed by atoms with Gasteiger partial charge < -0.3 is 10.6 Å². The minimum Gasteiger partial charge on any atom is -0.316 e. The molecule has 0 radical (unpaired) electrons. The van der Waals surface area contributed by atoms with E-state index in [1.165, 1.54) is 45.3 Å². The van der Waals surface area contributed by atoms with Gasteiger partial charge in [0.05, 0.1) is 0 Å². The van der Waals surface area contributed by atoms with Crippen LogP contribution in [0.2, 0.25) is 0 Å². The molecule has 0 spiro atoms. The van der Waals surface area contributed by atoms with Crippen LogP contribution < -0.4 is 10.6 Å². The third-order valence-electron chi connectivity index (χ3n) is 3.00.